The third-order valence-electron chi connectivity index (χ3n) is 4.41. The first-order valence-electron chi connectivity index (χ1n) is 8.96. The number of benzene rings is 3. The molecule has 6 nitrogen and oxygen atoms in total. The molecule has 0 unspecified atom stereocenters. The molecule has 0 fully saturated rings. The number of hydrogen-bond donors (Lipinski definition) is 1. The smallest absolute Gasteiger partial charge is 0.255 e. The van der Waals surface area contributed by atoms with Gasteiger partial charge in [-0.25, -0.2) is 8.42 Å². The van der Waals surface area contributed by atoms with Crippen LogP contribution in [0.25, 0.3) is 0 Å². The van der Waals surface area contributed by atoms with Gasteiger partial charge < -0.3 is 10.1 Å². The van der Waals surface area contributed by atoms with Crippen molar-refractivity contribution in [1.29, 1.82) is 0 Å². The van der Waals surface area contributed by atoms with Gasteiger partial charge in [-0.1, -0.05) is 48.5 Å². The number of nitrogens with zero attached hydrogens (tertiary/aromatic N) is 1. The van der Waals surface area contributed by atoms with E-state index in [1.807, 2.05) is 36.4 Å². The maximum Gasteiger partial charge on any atom is 0.255 e. The Labute approximate surface area is 170 Å². The molecule has 29 heavy (non-hydrogen) atoms. The van der Waals surface area contributed by atoms with Crippen LogP contribution in [0.2, 0.25) is 0 Å². The van der Waals surface area contributed by atoms with Crippen LogP contribution < -0.4 is 10.1 Å². The number of carbonyl (C=O) groups excluding carboxylic acids is 1. The molecule has 7 heteroatoms. The molecule has 0 spiro atoms. The molecule has 0 aliphatic carbocycles. The lowest BCUT2D eigenvalue weighted by Crippen LogP contribution is -2.26. The zero-order valence-electron chi connectivity index (χ0n) is 16.2. The van der Waals surface area contributed by atoms with Crippen LogP contribution in [0.15, 0.2) is 83.8 Å². The van der Waals surface area contributed by atoms with Crippen molar-refractivity contribution in [3.8, 4) is 5.75 Å². The highest BCUT2D eigenvalue weighted by Gasteiger charge is 2.23. The highest BCUT2D eigenvalue weighted by atomic mass is 32.2. The second kappa shape index (κ2) is 8.89. The number of methoxy groups -OCH3 is 1. The minimum Gasteiger partial charge on any atom is -0.495 e. The van der Waals surface area contributed by atoms with E-state index < -0.39 is 10.0 Å². The fourth-order valence-electron chi connectivity index (χ4n) is 2.83. The van der Waals surface area contributed by atoms with Crippen LogP contribution in [0.1, 0.15) is 15.9 Å². The SMILES string of the molecule is COc1ccc(S(=O)(=O)N(C)Cc2ccccc2)cc1NC(=O)c1ccccc1. The van der Waals surface area contributed by atoms with Crippen molar-refractivity contribution in [2.75, 3.05) is 19.5 Å². The minimum absolute atomic E-state index is 0.0695. The summed E-state index contributed by atoms with van der Waals surface area (Å²) >= 11 is 0. The van der Waals surface area contributed by atoms with Crippen LogP contribution in [0.3, 0.4) is 0 Å². The molecule has 1 amide bonds. The van der Waals surface area contributed by atoms with Crippen LogP contribution in [0.5, 0.6) is 5.75 Å². The lowest BCUT2D eigenvalue weighted by atomic mass is 10.2. The second-order valence-electron chi connectivity index (χ2n) is 6.43. The van der Waals surface area contributed by atoms with E-state index in [1.54, 1.807) is 24.3 Å². The Hall–Kier alpha value is -3.16. The quantitative estimate of drug-likeness (QED) is 0.643. The lowest BCUT2D eigenvalue weighted by Gasteiger charge is -2.19. The van der Waals surface area contributed by atoms with Crippen molar-refractivity contribution in [1.82, 2.24) is 4.31 Å². The van der Waals surface area contributed by atoms with Gasteiger partial charge in [0.25, 0.3) is 5.91 Å². The van der Waals surface area contributed by atoms with Gasteiger partial charge in [-0.2, -0.15) is 4.31 Å². The highest BCUT2D eigenvalue weighted by molar-refractivity contribution is 7.89. The summed E-state index contributed by atoms with van der Waals surface area (Å²) < 4.78 is 32.6. The van der Waals surface area contributed by atoms with Gasteiger partial charge in [0.15, 0.2) is 0 Å². The van der Waals surface area contributed by atoms with E-state index in [2.05, 4.69) is 5.32 Å². The molecule has 3 aromatic carbocycles. The van der Waals surface area contributed by atoms with Gasteiger partial charge in [-0.05, 0) is 35.9 Å². The summed E-state index contributed by atoms with van der Waals surface area (Å²) in [6.45, 7) is 0.237. The van der Waals surface area contributed by atoms with Crippen molar-refractivity contribution in [2.24, 2.45) is 0 Å². The maximum atomic E-state index is 13.0. The van der Waals surface area contributed by atoms with E-state index in [-0.39, 0.29) is 23.0 Å². The Kier molecular flexibility index (Phi) is 6.31. The summed E-state index contributed by atoms with van der Waals surface area (Å²) in [5.41, 5.74) is 1.63. The molecule has 0 aliphatic rings. The third kappa shape index (κ3) is 4.82. The van der Waals surface area contributed by atoms with Crippen molar-refractivity contribution < 1.29 is 17.9 Å². The largest absolute Gasteiger partial charge is 0.495 e. The number of amides is 1. The molecular formula is C22H22N2O4S. The number of rotatable bonds is 7. The summed E-state index contributed by atoms with van der Waals surface area (Å²) in [4.78, 5) is 12.6. The van der Waals surface area contributed by atoms with Crippen LogP contribution in [0, 0.1) is 0 Å². The number of anilines is 1. The van der Waals surface area contributed by atoms with E-state index in [9.17, 15) is 13.2 Å². The van der Waals surface area contributed by atoms with Gasteiger partial charge in [-0.3, -0.25) is 4.79 Å². The van der Waals surface area contributed by atoms with Gasteiger partial charge in [0.2, 0.25) is 10.0 Å². The number of hydrogen-bond acceptors (Lipinski definition) is 4. The lowest BCUT2D eigenvalue weighted by molar-refractivity contribution is 0.102. The molecular weight excluding hydrogens is 388 g/mol. The maximum absolute atomic E-state index is 13.0. The average molecular weight is 410 g/mol. The van der Waals surface area contributed by atoms with Gasteiger partial charge in [0, 0.05) is 19.2 Å². The molecule has 0 aliphatic heterocycles. The Morgan fingerprint density at radius 3 is 2.21 bits per heavy atom. The van der Waals surface area contributed by atoms with E-state index in [4.69, 9.17) is 4.74 Å². The van der Waals surface area contributed by atoms with Crippen molar-refractivity contribution in [3.05, 3.63) is 90.0 Å². The summed E-state index contributed by atoms with van der Waals surface area (Å²) in [6, 6.07) is 22.4. The second-order valence-corrected chi connectivity index (χ2v) is 8.47. The molecule has 0 radical (unpaired) electrons. The normalized spacial score (nSPS) is 11.3. The number of nitrogens with one attached hydrogen (secondary N) is 1. The van der Waals surface area contributed by atoms with Crippen LogP contribution in [-0.4, -0.2) is 32.8 Å². The first kappa shape index (κ1) is 20.6. The van der Waals surface area contributed by atoms with Crippen LogP contribution >= 0.6 is 0 Å². The molecule has 150 valence electrons. The fourth-order valence-corrected chi connectivity index (χ4v) is 4.02. The molecule has 1 N–H and O–H groups in total. The van der Waals surface area contributed by atoms with Crippen molar-refractivity contribution in [2.45, 2.75) is 11.4 Å². The summed E-state index contributed by atoms with van der Waals surface area (Å²) in [5, 5.41) is 2.73. The zero-order chi connectivity index (χ0) is 20.9. The van der Waals surface area contributed by atoms with Gasteiger partial charge >= 0.3 is 0 Å². The zero-order valence-corrected chi connectivity index (χ0v) is 17.0. The van der Waals surface area contributed by atoms with Crippen LogP contribution in [0.4, 0.5) is 5.69 Å². The summed E-state index contributed by atoms with van der Waals surface area (Å²) in [5.74, 6) is 0.0232. The topological polar surface area (TPSA) is 75.7 Å². The van der Waals surface area contributed by atoms with Gasteiger partial charge in [0.05, 0.1) is 17.7 Å². The molecule has 0 atom stereocenters. The van der Waals surface area contributed by atoms with Gasteiger partial charge in [-0.15, -0.1) is 0 Å². The molecule has 0 saturated heterocycles. The molecule has 3 aromatic rings. The van der Waals surface area contributed by atoms with Gasteiger partial charge in [0.1, 0.15) is 5.75 Å². The molecule has 0 heterocycles. The Morgan fingerprint density at radius 1 is 0.966 bits per heavy atom. The molecule has 3 rings (SSSR count). The van der Waals surface area contributed by atoms with Crippen LogP contribution in [-0.2, 0) is 16.6 Å². The summed E-state index contributed by atoms with van der Waals surface area (Å²) in [6.07, 6.45) is 0. The van der Waals surface area contributed by atoms with E-state index in [1.165, 1.54) is 36.7 Å². The minimum atomic E-state index is -3.76. The first-order chi connectivity index (χ1) is 13.9. The Morgan fingerprint density at radius 2 is 1.59 bits per heavy atom. The molecule has 0 aromatic heterocycles. The molecule has 0 bridgehead atoms. The monoisotopic (exact) mass is 410 g/mol. The highest BCUT2D eigenvalue weighted by Crippen LogP contribution is 2.29. The van der Waals surface area contributed by atoms with Crippen molar-refractivity contribution in [3.63, 3.8) is 0 Å². The standard InChI is InChI=1S/C22H22N2O4S/c1-24(16-17-9-5-3-6-10-17)29(26,27)19-13-14-21(28-2)20(15-19)23-22(25)18-11-7-4-8-12-18/h3-15H,16H2,1-2H3,(H,23,25). The van der Waals surface area contributed by atoms with E-state index in [0.29, 0.717) is 11.3 Å². The fraction of sp³-hybridized carbons (Fsp3) is 0.136. The number of ether oxygens (including phenoxy) is 1. The number of sulfonamides is 1. The first-order valence-corrected chi connectivity index (χ1v) is 10.4. The number of carbonyl (C=O) groups is 1. The Bertz CT molecular complexity index is 1080. The molecule has 0 saturated carbocycles. The predicted octanol–water partition coefficient (Wildman–Crippen LogP) is 3.77. The summed E-state index contributed by atoms with van der Waals surface area (Å²) in [7, 11) is -0.774. The Balaban J connectivity index is 1.88. The average Bonchev–Trinajstić information content (AvgIpc) is 2.75. The predicted molar refractivity (Wildman–Crippen MR) is 112 cm³/mol. The van der Waals surface area contributed by atoms with E-state index in [0.717, 1.165) is 5.56 Å². The third-order valence-corrected chi connectivity index (χ3v) is 6.21. The van der Waals surface area contributed by atoms with E-state index >= 15 is 0 Å². The van der Waals surface area contributed by atoms with Crippen molar-refractivity contribution >= 4 is 21.6 Å².